The van der Waals surface area contributed by atoms with E-state index in [9.17, 15) is 0 Å². The summed E-state index contributed by atoms with van der Waals surface area (Å²) in [5.41, 5.74) is 14.1. The fraction of sp³-hybridized carbons (Fsp3) is 0. The van der Waals surface area contributed by atoms with Crippen molar-refractivity contribution in [1.29, 1.82) is 0 Å². The Morgan fingerprint density at radius 2 is 0.793 bits per heavy atom. The quantitative estimate of drug-likeness (QED) is 0.158. The summed E-state index contributed by atoms with van der Waals surface area (Å²) in [5, 5.41) is 7.50. The number of anilines is 3. The van der Waals surface area contributed by atoms with Gasteiger partial charge in [-0.25, -0.2) is 0 Å². The van der Waals surface area contributed by atoms with Gasteiger partial charge in [0.05, 0.1) is 11.0 Å². The number of rotatable bonds is 7. The zero-order valence-corrected chi connectivity index (χ0v) is 31.8. The average Bonchev–Trinajstić information content (AvgIpc) is 3.65. The molecule has 0 bridgehead atoms. The van der Waals surface area contributed by atoms with Crippen LogP contribution in [0.4, 0.5) is 17.1 Å². The third-order valence-corrected chi connectivity index (χ3v) is 11.5. The molecule has 58 heavy (non-hydrogen) atoms. The molecule has 0 amide bonds. The maximum Gasteiger partial charge on any atom is 0.0619 e. The first-order chi connectivity index (χ1) is 28.7. The molecule has 0 aliphatic rings. The third kappa shape index (κ3) is 5.91. The van der Waals surface area contributed by atoms with Gasteiger partial charge in [-0.15, -0.1) is 0 Å². The molecule has 2 heteroatoms. The zero-order valence-electron chi connectivity index (χ0n) is 31.8. The minimum absolute atomic E-state index is 1.10. The summed E-state index contributed by atoms with van der Waals surface area (Å²) < 4.78 is 2.44. The predicted octanol–water partition coefficient (Wildman–Crippen LogP) is 15.6. The maximum atomic E-state index is 2.44. The van der Waals surface area contributed by atoms with Gasteiger partial charge < -0.3 is 9.47 Å². The minimum atomic E-state index is 1.10. The summed E-state index contributed by atoms with van der Waals surface area (Å²) in [6.45, 7) is 0. The second-order valence-corrected chi connectivity index (χ2v) is 15.0. The van der Waals surface area contributed by atoms with Crippen LogP contribution in [0, 0.1) is 0 Å². The summed E-state index contributed by atoms with van der Waals surface area (Å²) in [6.07, 6.45) is 0. The van der Waals surface area contributed by atoms with Crippen LogP contribution < -0.4 is 4.90 Å². The van der Waals surface area contributed by atoms with Crippen molar-refractivity contribution >= 4 is 60.4 Å². The van der Waals surface area contributed by atoms with Gasteiger partial charge in [0.2, 0.25) is 0 Å². The van der Waals surface area contributed by atoms with Crippen LogP contribution in [0.15, 0.2) is 231 Å². The molecule has 0 radical (unpaired) electrons. The lowest BCUT2D eigenvalue weighted by atomic mass is 10.00. The van der Waals surface area contributed by atoms with Crippen molar-refractivity contribution in [3.8, 4) is 39.1 Å². The maximum absolute atomic E-state index is 2.44. The number of para-hydroxylation sites is 1. The molecule has 0 N–H and O–H groups in total. The van der Waals surface area contributed by atoms with Crippen LogP contribution in [-0.2, 0) is 0 Å². The molecule has 1 aromatic heterocycles. The van der Waals surface area contributed by atoms with E-state index in [0.717, 1.165) is 17.1 Å². The van der Waals surface area contributed by atoms with Gasteiger partial charge in [0.1, 0.15) is 0 Å². The van der Waals surface area contributed by atoms with Gasteiger partial charge in [-0.05, 0) is 110 Å². The summed E-state index contributed by atoms with van der Waals surface area (Å²) >= 11 is 0. The number of benzene rings is 10. The first-order valence-electron chi connectivity index (χ1n) is 19.9. The summed E-state index contributed by atoms with van der Waals surface area (Å²) in [4.78, 5) is 2.35. The summed E-state index contributed by atoms with van der Waals surface area (Å²) in [6, 6.07) is 83.6. The van der Waals surface area contributed by atoms with Crippen LogP contribution in [0.3, 0.4) is 0 Å². The third-order valence-electron chi connectivity index (χ3n) is 11.5. The standard InChI is InChI=1S/C56H38N2/c1-3-12-39(13-4-1)41-24-30-48(31-25-41)57(50-18-11-17-44(37-50)40-14-5-2-6-15-40)49-32-26-42(27-33-49)45-22-23-47-38-51(34-28-46(47)36-45)58-55-21-10-9-20-53(55)54-35-29-43-16-7-8-19-52(43)56(54)58/h1-38H. The fourth-order valence-corrected chi connectivity index (χ4v) is 8.69. The molecule has 0 saturated heterocycles. The Bertz CT molecular complexity index is 3250. The highest BCUT2D eigenvalue weighted by molar-refractivity contribution is 6.18. The Morgan fingerprint density at radius 3 is 1.53 bits per heavy atom. The molecular formula is C56H38N2. The van der Waals surface area contributed by atoms with E-state index in [1.54, 1.807) is 0 Å². The van der Waals surface area contributed by atoms with E-state index in [0.29, 0.717) is 0 Å². The molecule has 10 aromatic carbocycles. The van der Waals surface area contributed by atoms with Gasteiger partial charge in [-0.2, -0.15) is 0 Å². The van der Waals surface area contributed by atoms with Crippen LogP contribution in [0.1, 0.15) is 0 Å². The molecule has 0 fully saturated rings. The number of hydrogen-bond acceptors (Lipinski definition) is 1. The molecule has 272 valence electrons. The van der Waals surface area contributed by atoms with Crippen molar-refractivity contribution in [2.75, 3.05) is 4.90 Å². The Morgan fingerprint density at radius 1 is 0.276 bits per heavy atom. The lowest BCUT2D eigenvalue weighted by Crippen LogP contribution is -2.10. The van der Waals surface area contributed by atoms with Crippen LogP contribution in [0.2, 0.25) is 0 Å². The molecule has 11 aromatic rings. The van der Waals surface area contributed by atoms with Crippen molar-refractivity contribution in [2.45, 2.75) is 0 Å². The molecule has 0 saturated carbocycles. The van der Waals surface area contributed by atoms with Crippen LogP contribution in [-0.4, -0.2) is 4.57 Å². The van der Waals surface area contributed by atoms with Gasteiger partial charge >= 0.3 is 0 Å². The summed E-state index contributed by atoms with van der Waals surface area (Å²) in [5.74, 6) is 0. The normalized spacial score (nSPS) is 11.4. The van der Waals surface area contributed by atoms with Crippen LogP contribution >= 0.6 is 0 Å². The second-order valence-electron chi connectivity index (χ2n) is 15.0. The van der Waals surface area contributed by atoms with E-state index in [1.807, 2.05) is 0 Å². The van der Waals surface area contributed by atoms with Gasteiger partial charge in [-0.1, -0.05) is 170 Å². The molecule has 0 aliphatic carbocycles. The SMILES string of the molecule is c1ccc(-c2ccc(N(c3ccc(-c4ccc5cc(-n6c7ccccc7c7ccc8ccccc8c76)ccc5c4)cc3)c3cccc(-c4ccccc4)c3)cc2)cc1. The molecule has 0 spiro atoms. The first-order valence-corrected chi connectivity index (χ1v) is 19.9. The molecule has 1 heterocycles. The second kappa shape index (κ2) is 14.1. The average molecular weight is 739 g/mol. The van der Waals surface area contributed by atoms with E-state index in [2.05, 4.69) is 240 Å². The monoisotopic (exact) mass is 738 g/mol. The molecule has 11 rings (SSSR count). The molecular weight excluding hydrogens is 701 g/mol. The van der Waals surface area contributed by atoms with E-state index in [4.69, 9.17) is 0 Å². The van der Waals surface area contributed by atoms with Gasteiger partial charge in [0.25, 0.3) is 0 Å². The van der Waals surface area contributed by atoms with E-state index in [1.165, 1.54) is 82.4 Å². The lowest BCUT2D eigenvalue weighted by molar-refractivity contribution is 1.19. The van der Waals surface area contributed by atoms with Crippen molar-refractivity contribution in [1.82, 2.24) is 4.57 Å². The van der Waals surface area contributed by atoms with Crippen molar-refractivity contribution < 1.29 is 0 Å². The molecule has 0 unspecified atom stereocenters. The molecule has 2 nitrogen and oxygen atoms in total. The van der Waals surface area contributed by atoms with Crippen molar-refractivity contribution in [2.24, 2.45) is 0 Å². The lowest BCUT2D eigenvalue weighted by Gasteiger charge is -2.26. The van der Waals surface area contributed by atoms with Gasteiger partial charge in [-0.3, -0.25) is 0 Å². The summed E-state index contributed by atoms with van der Waals surface area (Å²) in [7, 11) is 0. The van der Waals surface area contributed by atoms with Gasteiger partial charge in [0.15, 0.2) is 0 Å². The van der Waals surface area contributed by atoms with Crippen LogP contribution in [0.5, 0.6) is 0 Å². The highest BCUT2D eigenvalue weighted by atomic mass is 15.1. The zero-order chi connectivity index (χ0) is 38.4. The van der Waals surface area contributed by atoms with E-state index >= 15 is 0 Å². The Labute approximate surface area is 338 Å². The first kappa shape index (κ1) is 33.6. The highest BCUT2D eigenvalue weighted by Gasteiger charge is 2.17. The van der Waals surface area contributed by atoms with Crippen molar-refractivity contribution in [3.05, 3.63) is 231 Å². The Kier molecular flexibility index (Phi) is 8.19. The molecule has 0 aliphatic heterocycles. The topological polar surface area (TPSA) is 8.17 Å². The number of hydrogen-bond donors (Lipinski definition) is 0. The smallest absolute Gasteiger partial charge is 0.0619 e. The number of fused-ring (bicyclic) bond motifs is 6. The Hall–Kier alpha value is -7.68. The minimum Gasteiger partial charge on any atom is -0.310 e. The highest BCUT2D eigenvalue weighted by Crippen LogP contribution is 2.40. The largest absolute Gasteiger partial charge is 0.310 e. The van der Waals surface area contributed by atoms with E-state index < -0.39 is 0 Å². The van der Waals surface area contributed by atoms with E-state index in [-0.39, 0.29) is 0 Å². The Balaban J connectivity index is 0.959. The number of aromatic nitrogens is 1. The molecule has 0 atom stereocenters. The van der Waals surface area contributed by atoms with Crippen LogP contribution in [0.25, 0.3) is 82.4 Å². The van der Waals surface area contributed by atoms with Gasteiger partial charge in [0, 0.05) is 38.9 Å². The van der Waals surface area contributed by atoms with Crippen molar-refractivity contribution in [3.63, 3.8) is 0 Å². The number of nitrogens with zero attached hydrogens (tertiary/aromatic N) is 2. The predicted molar refractivity (Wildman–Crippen MR) is 247 cm³/mol. The fourth-order valence-electron chi connectivity index (χ4n) is 8.69.